The molecule has 1 aliphatic rings. The van der Waals surface area contributed by atoms with Gasteiger partial charge in [-0.1, -0.05) is 22.9 Å². The van der Waals surface area contributed by atoms with E-state index in [0.717, 1.165) is 16.6 Å². The predicted molar refractivity (Wildman–Crippen MR) is 88.6 cm³/mol. The Morgan fingerprint density at radius 1 is 1.42 bits per heavy atom. The van der Waals surface area contributed by atoms with E-state index >= 15 is 0 Å². The first-order valence-corrected chi connectivity index (χ1v) is 9.43. The maximum Gasteiger partial charge on any atom is 0.126 e. The highest BCUT2D eigenvalue weighted by molar-refractivity contribution is 9.10. The van der Waals surface area contributed by atoms with Crippen molar-refractivity contribution in [3.05, 3.63) is 34.1 Å². The van der Waals surface area contributed by atoms with Gasteiger partial charge in [-0.2, -0.15) is 23.5 Å². The second-order valence-corrected chi connectivity index (χ2v) is 8.31. The Morgan fingerprint density at radius 2 is 2.16 bits per heavy atom. The Hall–Kier alpha value is 0.290. The largest absolute Gasteiger partial charge is 0.326 e. The van der Waals surface area contributed by atoms with Crippen molar-refractivity contribution >= 4 is 39.5 Å². The van der Waals surface area contributed by atoms with Crippen LogP contribution in [0.2, 0.25) is 0 Å². The lowest BCUT2D eigenvalue weighted by Crippen LogP contribution is -2.43. The van der Waals surface area contributed by atoms with Gasteiger partial charge in [0.1, 0.15) is 5.82 Å². The van der Waals surface area contributed by atoms with Crippen LogP contribution >= 0.6 is 39.5 Å². The third kappa shape index (κ3) is 4.13. The van der Waals surface area contributed by atoms with Crippen molar-refractivity contribution in [3.8, 4) is 0 Å². The molecule has 5 heteroatoms. The minimum absolute atomic E-state index is 0.0200. The molecule has 0 aromatic heterocycles. The Balaban J connectivity index is 2.06. The second kappa shape index (κ2) is 7.34. The summed E-state index contributed by atoms with van der Waals surface area (Å²) in [6.07, 6.45) is 1.75. The van der Waals surface area contributed by atoms with E-state index in [-0.39, 0.29) is 11.9 Å². The SMILES string of the molecule is CCC1SCCSC1C(N)Cc1cc(Br)ccc1F. The molecule has 0 radical (unpaired) electrons. The Morgan fingerprint density at radius 3 is 2.89 bits per heavy atom. The summed E-state index contributed by atoms with van der Waals surface area (Å²) in [5.41, 5.74) is 7.06. The van der Waals surface area contributed by atoms with Crippen molar-refractivity contribution in [2.45, 2.75) is 36.3 Å². The van der Waals surface area contributed by atoms with Crippen LogP contribution in [0.1, 0.15) is 18.9 Å². The van der Waals surface area contributed by atoms with Crippen molar-refractivity contribution in [3.63, 3.8) is 0 Å². The maximum atomic E-state index is 13.8. The zero-order chi connectivity index (χ0) is 13.8. The summed E-state index contributed by atoms with van der Waals surface area (Å²) in [6.45, 7) is 2.21. The zero-order valence-corrected chi connectivity index (χ0v) is 14.2. The quantitative estimate of drug-likeness (QED) is 0.872. The van der Waals surface area contributed by atoms with Gasteiger partial charge in [-0.05, 0) is 36.6 Å². The topological polar surface area (TPSA) is 26.0 Å². The number of rotatable bonds is 4. The fourth-order valence-electron chi connectivity index (χ4n) is 2.41. The summed E-state index contributed by atoms with van der Waals surface area (Å²) in [4.78, 5) is 0. The summed E-state index contributed by atoms with van der Waals surface area (Å²) in [5.74, 6) is 2.21. The molecule has 1 aromatic rings. The van der Waals surface area contributed by atoms with E-state index in [1.54, 1.807) is 6.07 Å². The number of hydrogen-bond acceptors (Lipinski definition) is 3. The first kappa shape index (κ1) is 15.7. The fraction of sp³-hybridized carbons (Fsp3) is 0.571. The van der Waals surface area contributed by atoms with E-state index in [2.05, 4.69) is 22.9 Å². The summed E-state index contributed by atoms with van der Waals surface area (Å²) in [5, 5.41) is 1.03. The predicted octanol–water partition coefficient (Wildman–Crippen LogP) is 4.09. The van der Waals surface area contributed by atoms with Crippen molar-refractivity contribution in [1.82, 2.24) is 0 Å². The molecule has 1 nitrogen and oxygen atoms in total. The van der Waals surface area contributed by atoms with Crippen LogP contribution < -0.4 is 5.73 Å². The van der Waals surface area contributed by atoms with Crippen LogP contribution in [-0.4, -0.2) is 28.0 Å². The molecule has 2 rings (SSSR count). The fourth-order valence-corrected chi connectivity index (χ4v) is 6.01. The van der Waals surface area contributed by atoms with Crippen LogP contribution in [-0.2, 0) is 6.42 Å². The lowest BCUT2D eigenvalue weighted by atomic mass is 10.0. The smallest absolute Gasteiger partial charge is 0.126 e. The van der Waals surface area contributed by atoms with E-state index < -0.39 is 0 Å². The molecule has 0 aliphatic carbocycles. The molecular weight excluding hydrogens is 345 g/mol. The number of thioether (sulfide) groups is 2. The molecule has 0 amide bonds. The van der Waals surface area contributed by atoms with Gasteiger partial charge in [-0.25, -0.2) is 4.39 Å². The molecule has 1 heterocycles. The van der Waals surface area contributed by atoms with E-state index in [0.29, 0.717) is 22.5 Å². The van der Waals surface area contributed by atoms with Crippen LogP contribution in [0.25, 0.3) is 0 Å². The maximum absolute atomic E-state index is 13.8. The molecule has 2 N–H and O–H groups in total. The van der Waals surface area contributed by atoms with Gasteiger partial charge in [-0.3, -0.25) is 0 Å². The highest BCUT2D eigenvalue weighted by Gasteiger charge is 2.30. The Bertz CT molecular complexity index is 430. The van der Waals surface area contributed by atoms with Gasteiger partial charge in [-0.15, -0.1) is 0 Å². The van der Waals surface area contributed by atoms with Gasteiger partial charge < -0.3 is 5.73 Å². The molecule has 3 unspecified atom stereocenters. The van der Waals surface area contributed by atoms with Gasteiger partial charge in [0.15, 0.2) is 0 Å². The minimum atomic E-state index is -0.153. The summed E-state index contributed by atoms with van der Waals surface area (Å²) >= 11 is 7.36. The van der Waals surface area contributed by atoms with Crippen molar-refractivity contribution in [1.29, 1.82) is 0 Å². The standard InChI is InChI=1S/C14H19BrFNS2/c1-2-13-14(19-6-5-18-13)12(17)8-9-7-10(15)3-4-11(9)16/h3-4,7,12-14H,2,5-6,8,17H2,1H3. The molecule has 106 valence electrons. The average Bonchev–Trinajstić information content (AvgIpc) is 2.42. The average molecular weight is 364 g/mol. The van der Waals surface area contributed by atoms with Gasteiger partial charge in [0.05, 0.1) is 0 Å². The van der Waals surface area contributed by atoms with Crippen LogP contribution in [0.3, 0.4) is 0 Å². The second-order valence-electron chi connectivity index (χ2n) is 4.76. The molecule has 1 aliphatic heterocycles. The van der Waals surface area contributed by atoms with Gasteiger partial charge >= 0.3 is 0 Å². The first-order chi connectivity index (χ1) is 9.11. The molecule has 1 fully saturated rings. The van der Waals surface area contributed by atoms with E-state index in [1.807, 2.05) is 29.6 Å². The number of halogens is 2. The summed E-state index contributed by atoms with van der Waals surface area (Å²) in [6, 6.07) is 5.10. The number of hydrogen-bond donors (Lipinski definition) is 1. The van der Waals surface area contributed by atoms with Crippen molar-refractivity contribution in [2.24, 2.45) is 5.73 Å². The van der Waals surface area contributed by atoms with E-state index in [9.17, 15) is 4.39 Å². The third-order valence-corrected chi connectivity index (χ3v) is 7.30. The Kier molecular flexibility index (Phi) is 6.06. The number of benzene rings is 1. The number of nitrogens with two attached hydrogens (primary N) is 1. The zero-order valence-electron chi connectivity index (χ0n) is 10.9. The first-order valence-electron chi connectivity index (χ1n) is 6.54. The van der Waals surface area contributed by atoms with Crippen LogP contribution in [0.15, 0.2) is 22.7 Å². The molecule has 1 saturated heterocycles. The van der Waals surface area contributed by atoms with Crippen LogP contribution in [0.5, 0.6) is 0 Å². The lowest BCUT2D eigenvalue weighted by Gasteiger charge is -2.34. The molecule has 0 saturated carbocycles. The Labute approximate surface area is 131 Å². The molecule has 19 heavy (non-hydrogen) atoms. The third-order valence-electron chi connectivity index (χ3n) is 3.38. The summed E-state index contributed by atoms with van der Waals surface area (Å²) in [7, 11) is 0. The van der Waals surface area contributed by atoms with Crippen LogP contribution in [0.4, 0.5) is 4.39 Å². The highest BCUT2D eigenvalue weighted by Crippen LogP contribution is 2.35. The molecule has 1 aromatic carbocycles. The van der Waals surface area contributed by atoms with Gasteiger partial charge in [0, 0.05) is 32.5 Å². The van der Waals surface area contributed by atoms with Gasteiger partial charge in [0.2, 0.25) is 0 Å². The van der Waals surface area contributed by atoms with Crippen molar-refractivity contribution < 1.29 is 4.39 Å². The minimum Gasteiger partial charge on any atom is -0.326 e. The lowest BCUT2D eigenvalue weighted by molar-refractivity contribution is 0.562. The normalized spacial score (nSPS) is 25.3. The van der Waals surface area contributed by atoms with E-state index in [1.165, 1.54) is 11.8 Å². The van der Waals surface area contributed by atoms with Gasteiger partial charge in [0.25, 0.3) is 0 Å². The van der Waals surface area contributed by atoms with E-state index in [4.69, 9.17) is 5.73 Å². The highest BCUT2D eigenvalue weighted by atomic mass is 79.9. The summed E-state index contributed by atoms with van der Waals surface area (Å²) < 4.78 is 14.7. The monoisotopic (exact) mass is 363 g/mol. The van der Waals surface area contributed by atoms with Crippen LogP contribution in [0, 0.1) is 5.82 Å². The molecular formula is C14H19BrFNS2. The molecule has 0 spiro atoms. The molecule has 0 bridgehead atoms. The van der Waals surface area contributed by atoms with Crippen molar-refractivity contribution in [2.75, 3.05) is 11.5 Å². The molecule has 3 atom stereocenters.